The second-order valence-electron chi connectivity index (χ2n) is 6.00. The summed E-state index contributed by atoms with van der Waals surface area (Å²) in [6, 6.07) is 8.08. The van der Waals surface area contributed by atoms with Gasteiger partial charge < -0.3 is 4.74 Å². The lowest BCUT2D eigenvalue weighted by molar-refractivity contribution is 0.199. The minimum atomic E-state index is -0.601. The fourth-order valence-electron chi connectivity index (χ4n) is 3.00. The van der Waals surface area contributed by atoms with Crippen molar-refractivity contribution in [3.05, 3.63) is 50.9 Å². The first-order valence-electron chi connectivity index (χ1n) is 8.21. The molecule has 0 fully saturated rings. The molecule has 2 aromatic heterocycles. The molecule has 0 aliphatic carbocycles. The van der Waals surface area contributed by atoms with Crippen molar-refractivity contribution in [1.82, 2.24) is 9.55 Å². The van der Waals surface area contributed by atoms with Crippen LogP contribution in [0.3, 0.4) is 0 Å². The van der Waals surface area contributed by atoms with Crippen LogP contribution in [0.25, 0.3) is 21.3 Å². The van der Waals surface area contributed by atoms with Crippen LogP contribution in [-0.4, -0.2) is 29.9 Å². The Labute approximate surface area is 149 Å². The van der Waals surface area contributed by atoms with Crippen LogP contribution in [-0.2, 0) is 17.7 Å². The van der Waals surface area contributed by atoms with E-state index in [4.69, 9.17) is 4.74 Å². The van der Waals surface area contributed by atoms with E-state index in [0.29, 0.717) is 29.1 Å². The monoisotopic (exact) mass is 360 g/mol. The number of thiophene rings is 1. The van der Waals surface area contributed by atoms with E-state index in [-0.39, 0.29) is 12.1 Å². The maximum absolute atomic E-state index is 13.1. The second-order valence-corrected chi connectivity index (χ2v) is 7.20. The van der Waals surface area contributed by atoms with Gasteiger partial charge in [-0.3, -0.25) is 9.36 Å². The number of nitrogens with zero attached hydrogens (tertiary/aromatic N) is 2. The van der Waals surface area contributed by atoms with E-state index in [0.717, 1.165) is 21.6 Å². The van der Waals surface area contributed by atoms with Crippen LogP contribution >= 0.6 is 11.3 Å². The molecule has 0 radical (unpaired) electrons. The quantitative estimate of drug-likeness (QED) is 0.670. The number of fused-ring (bicyclic) bond motifs is 1. The van der Waals surface area contributed by atoms with Gasteiger partial charge in [-0.15, -0.1) is 11.3 Å². The highest BCUT2D eigenvalue weighted by atomic mass is 32.1. The van der Waals surface area contributed by atoms with E-state index < -0.39 is 6.67 Å². The van der Waals surface area contributed by atoms with Crippen molar-refractivity contribution >= 4 is 21.6 Å². The number of alkyl halides is 1. The minimum Gasteiger partial charge on any atom is -0.384 e. The minimum absolute atomic E-state index is 0.0169. The summed E-state index contributed by atoms with van der Waals surface area (Å²) in [6.07, 6.45) is 0.485. The average Bonchev–Trinajstić information content (AvgIpc) is 2.93. The summed E-state index contributed by atoms with van der Waals surface area (Å²) in [5, 5.41) is 0.584. The smallest absolute Gasteiger partial charge is 0.263 e. The van der Waals surface area contributed by atoms with Gasteiger partial charge in [0.15, 0.2) is 0 Å². The molecule has 132 valence electrons. The Kier molecular flexibility index (Phi) is 5.30. The van der Waals surface area contributed by atoms with Crippen LogP contribution in [0.15, 0.2) is 29.1 Å². The van der Waals surface area contributed by atoms with E-state index in [9.17, 15) is 9.18 Å². The molecule has 0 N–H and O–H groups in total. The summed E-state index contributed by atoms with van der Waals surface area (Å²) in [4.78, 5) is 19.5. The lowest BCUT2D eigenvalue weighted by atomic mass is 10.0. The third-order valence-electron chi connectivity index (χ3n) is 4.25. The van der Waals surface area contributed by atoms with Crippen molar-refractivity contribution < 1.29 is 9.13 Å². The molecule has 2 heterocycles. The molecule has 0 bridgehead atoms. The van der Waals surface area contributed by atoms with Crippen molar-refractivity contribution in [1.29, 1.82) is 0 Å². The summed E-state index contributed by atoms with van der Waals surface area (Å²) in [7, 11) is 1.60. The van der Waals surface area contributed by atoms with Crippen LogP contribution < -0.4 is 5.56 Å². The lowest BCUT2D eigenvalue weighted by Crippen LogP contribution is -2.26. The highest BCUT2D eigenvalue weighted by Gasteiger charge is 2.19. The van der Waals surface area contributed by atoms with Gasteiger partial charge in [0.05, 0.1) is 18.5 Å². The van der Waals surface area contributed by atoms with Gasteiger partial charge in [-0.2, -0.15) is 0 Å². The summed E-state index contributed by atoms with van der Waals surface area (Å²) in [5.74, 6) is 0.578. The Hall–Kier alpha value is -2.05. The summed E-state index contributed by atoms with van der Waals surface area (Å²) in [6.45, 7) is 3.88. The summed E-state index contributed by atoms with van der Waals surface area (Å²) < 4.78 is 19.6. The van der Waals surface area contributed by atoms with Gasteiger partial charge in [-0.1, -0.05) is 29.8 Å². The Morgan fingerprint density at radius 2 is 1.96 bits per heavy atom. The average molecular weight is 360 g/mol. The van der Waals surface area contributed by atoms with Gasteiger partial charge in [0.2, 0.25) is 0 Å². The molecule has 4 nitrogen and oxygen atoms in total. The van der Waals surface area contributed by atoms with Crippen LogP contribution in [0.2, 0.25) is 0 Å². The van der Waals surface area contributed by atoms with Gasteiger partial charge >= 0.3 is 0 Å². The molecule has 25 heavy (non-hydrogen) atoms. The predicted octanol–water partition coefficient (Wildman–Crippen LogP) is 3.90. The first-order chi connectivity index (χ1) is 12.1. The van der Waals surface area contributed by atoms with Gasteiger partial charge in [0.25, 0.3) is 5.56 Å². The maximum atomic E-state index is 13.1. The van der Waals surface area contributed by atoms with Crippen LogP contribution in [0.4, 0.5) is 4.39 Å². The standard InChI is InChI=1S/C19H21FN2O2S/c1-12-4-6-14(7-5-12)16-13(2)25-18-17(16)19(23)22(10-9-20)15(21-18)8-11-24-3/h4-7H,8-11H2,1-3H3. The molecular formula is C19H21FN2O2S. The molecule has 0 aliphatic heterocycles. The molecular weight excluding hydrogens is 339 g/mol. The topological polar surface area (TPSA) is 44.1 Å². The van der Waals surface area contributed by atoms with E-state index in [2.05, 4.69) is 4.98 Å². The highest BCUT2D eigenvalue weighted by molar-refractivity contribution is 7.19. The van der Waals surface area contributed by atoms with E-state index in [1.54, 1.807) is 7.11 Å². The molecule has 3 aromatic rings. The number of methoxy groups -OCH3 is 1. The number of aryl methyl sites for hydroxylation is 2. The number of hydrogen-bond acceptors (Lipinski definition) is 4. The van der Waals surface area contributed by atoms with Gasteiger partial charge in [-0.25, -0.2) is 9.37 Å². The molecule has 0 saturated carbocycles. The highest BCUT2D eigenvalue weighted by Crippen LogP contribution is 2.35. The Morgan fingerprint density at radius 1 is 1.24 bits per heavy atom. The zero-order valence-corrected chi connectivity index (χ0v) is 15.5. The number of rotatable bonds is 6. The van der Waals surface area contributed by atoms with Crippen molar-refractivity contribution in [3.63, 3.8) is 0 Å². The Balaban J connectivity index is 2.26. The molecule has 0 saturated heterocycles. The first-order valence-corrected chi connectivity index (χ1v) is 9.03. The number of aromatic nitrogens is 2. The van der Waals surface area contributed by atoms with E-state index in [1.807, 2.05) is 38.1 Å². The Bertz CT molecular complexity index is 945. The molecule has 0 spiro atoms. The predicted molar refractivity (Wildman–Crippen MR) is 100 cm³/mol. The zero-order valence-electron chi connectivity index (χ0n) is 14.6. The first kappa shape index (κ1) is 17.8. The van der Waals surface area contributed by atoms with Crippen LogP contribution in [0.5, 0.6) is 0 Å². The third kappa shape index (κ3) is 3.37. The largest absolute Gasteiger partial charge is 0.384 e. The molecule has 3 rings (SSSR count). The van der Waals surface area contributed by atoms with Gasteiger partial charge in [0.1, 0.15) is 17.3 Å². The summed E-state index contributed by atoms with van der Waals surface area (Å²) in [5.41, 5.74) is 2.89. The van der Waals surface area contributed by atoms with Crippen LogP contribution in [0.1, 0.15) is 16.3 Å². The van der Waals surface area contributed by atoms with Crippen LogP contribution in [0, 0.1) is 13.8 Å². The van der Waals surface area contributed by atoms with E-state index in [1.165, 1.54) is 15.9 Å². The zero-order chi connectivity index (χ0) is 18.0. The van der Waals surface area contributed by atoms with Crippen molar-refractivity contribution in [2.24, 2.45) is 0 Å². The molecule has 0 atom stereocenters. The van der Waals surface area contributed by atoms with Gasteiger partial charge in [-0.05, 0) is 19.4 Å². The van der Waals surface area contributed by atoms with Crippen molar-refractivity contribution in [2.75, 3.05) is 20.4 Å². The third-order valence-corrected chi connectivity index (χ3v) is 5.24. The molecule has 1 aromatic carbocycles. The molecule has 0 amide bonds. The van der Waals surface area contributed by atoms with Gasteiger partial charge in [0, 0.05) is 24.0 Å². The molecule has 0 aliphatic rings. The SMILES string of the molecule is COCCc1nc2sc(C)c(-c3ccc(C)cc3)c2c(=O)n1CCF. The lowest BCUT2D eigenvalue weighted by Gasteiger charge is -2.11. The number of halogens is 1. The fourth-order valence-corrected chi connectivity index (χ4v) is 4.06. The van der Waals surface area contributed by atoms with Crippen molar-refractivity contribution in [2.45, 2.75) is 26.8 Å². The second kappa shape index (κ2) is 7.45. The van der Waals surface area contributed by atoms with Crippen molar-refractivity contribution in [3.8, 4) is 11.1 Å². The fraction of sp³-hybridized carbons (Fsp3) is 0.368. The summed E-state index contributed by atoms with van der Waals surface area (Å²) >= 11 is 1.51. The molecule has 0 unspecified atom stereocenters. The number of ether oxygens (including phenoxy) is 1. The maximum Gasteiger partial charge on any atom is 0.263 e. The number of hydrogen-bond donors (Lipinski definition) is 0. The van der Waals surface area contributed by atoms with E-state index >= 15 is 0 Å². The molecule has 6 heteroatoms. The number of benzene rings is 1. The normalized spacial score (nSPS) is 11.4. The Morgan fingerprint density at radius 3 is 2.60 bits per heavy atom.